The van der Waals surface area contributed by atoms with E-state index >= 15 is 0 Å². The number of hydrogen-bond acceptors (Lipinski definition) is 7. The van der Waals surface area contributed by atoms with Crippen molar-refractivity contribution in [3.8, 4) is 21.8 Å². The van der Waals surface area contributed by atoms with E-state index < -0.39 is 17.5 Å². The van der Waals surface area contributed by atoms with Crippen LogP contribution in [0.25, 0.3) is 31.9 Å². The van der Waals surface area contributed by atoms with Crippen molar-refractivity contribution in [2.75, 3.05) is 13.2 Å². The maximum Gasteiger partial charge on any atom is 0.410 e. The summed E-state index contributed by atoms with van der Waals surface area (Å²) >= 11 is 5.47. The molecule has 11 heteroatoms. The van der Waals surface area contributed by atoms with Gasteiger partial charge in [-0.05, 0) is 63.7 Å². The molecule has 9 nitrogen and oxygen atoms in total. The predicted octanol–water partition coefficient (Wildman–Crippen LogP) is 6.50. The molecular weight excluding hydrogens is 570 g/mol. The van der Waals surface area contributed by atoms with E-state index in [2.05, 4.69) is 48.7 Å². The highest BCUT2D eigenvalue weighted by atomic mass is 79.9. The zero-order chi connectivity index (χ0) is 26.7. The Kier molecular flexibility index (Phi) is 7.75. The molecule has 1 amide bonds. The monoisotopic (exact) mass is 597 g/mol. The van der Waals surface area contributed by atoms with Crippen molar-refractivity contribution >= 4 is 49.4 Å². The second kappa shape index (κ2) is 11.2. The molecule has 1 saturated carbocycles. The van der Waals surface area contributed by atoms with Crippen LogP contribution in [0.1, 0.15) is 44.6 Å². The SMILES string of the molecule is CCCOC(=O)N(Cc1ccc2sc(-c3ccc(-c4nn[nH]n4)cc3)c(Br)c2c1)CC1(C(=O)O)CCCC1. The minimum atomic E-state index is -0.918. The number of aromatic nitrogens is 4. The number of H-pyrrole nitrogens is 1. The van der Waals surface area contributed by atoms with Crippen LogP contribution in [0.2, 0.25) is 0 Å². The lowest BCUT2D eigenvalue weighted by atomic mass is 9.85. The molecule has 0 unspecified atom stereocenters. The molecule has 0 spiro atoms. The Morgan fingerprint density at radius 1 is 1.16 bits per heavy atom. The highest BCUT2D eigenvalue weighted by Crippen LogP contribution is 2.43. The van der Waals surface area contributed by atoms with Crippen LogP contribution in [-0.2, 0) is 16.1 Å². The van der Waals surface area contributed by atoms with Gasteiger partial charge in [-0.25, -0.2) is 4.79 Å². The molecule has 0 radical (unpaired) electrons. The number of tetrazole rings is 1. The van der Waals surface area contributed by atoms with Gasteiger partial charge in [-0.3, -0.25) is 4.79 Å². The third-order valence-electron chi connectivity index (χ3n) is 7.01. The van der Waals surface area contributed by atoms with Crippen molar-refractivity contribution in [2.45, 2.75) is 45.6 Å². The smallest absolute Gasteiger partial charge is 0.410 e. The van der Waals surface area contributed by atoms with Gasteiger partial charge in [-0.2, -0.15) is 5.21 Å². The van der Waals surface area contributed by atoms with Crippen LogP contribution in [0.4, 0.5) is 4.79 Å². The summed E-state index contributed by atoms with van der Waals surface area (Å²) in [7, 11) is 0. The molecule has 0 saturated heterocycles. The van der Waals surface area contributed by atoms with Crippen LogP contribution in [0.15, 0.2) is 46.9 Å². The number of thiophene rings is 1. The lowest BCUT2D eigenvalue weighted by Gasteiger charge is -2.31. The number of ether oxygens (including phenoxy) is 1. The van der Waals surface area contributed by atoms with E-state index in [1.807, 2.05) is 37.3 Å². The number of carbonyl (C=O) groups is 2. The highest BCUT2D eigenvalue weighted by molar-refractivity contribution is 9.10. The molecule has 1 aliphatic carbocycles. The van der Waals surface area contributed by atoms with Crippen LogP contribution in [0.3, 0.4) is 0 Å². The van der Waals surface area contributed by atoms with Gasteiger partial charge in [-0.1, -0.05) is 50.1 Å². The van der Waals surface area contributed by atoms with Gasteiger partial charge in [0.2, 0.25) is 5.82 Å². The number of halogens is 1. The van der Waals surface area contributed by atoms with E-state index in [9.17, 15) is 14.7 Å². The maximum atomic E-state index is 13.0. The third-order valence-corrected chi connectivity index (χ3v) is 9.32. The number of nitrogens with one attached hydrogen (secondary N) is 1. The number of benzene rings is 2. The number of amides is 1. The summed E-state index contributed by atoms with van der Waals surface area (Å²) < 4.78 is 7.53. The summed E-state index contributed by atoms with van der Waals surface area (Å²) in [6.45, 7) is 2.67. The largest absolute Gasteiger partial charge is 0.481 e. The highest BCUT2D eigenvalue weighted by Gasteiger charge is 2.43. The van der Waals surface area contributed by atoms with Crippen molar-refractivity contribution in [1.29, 1.82) is 0 Å². The van der Waals surface area contributed by atoms with Gasteiger partial charge in [0, 0.05) is 38.1 Å². The van der Waals surface area contributed by atoms with Gasteiger partial charge < -0.3 is 14.7 Å². The van der Waals surface area contributed by atoms with Gasteiger partial charge in [0.25, 0.3) is 0 Å². The Hall–Kier alpha value is -3.31. The molecule has 2 aromatic carbocycles. The molecule has 4 aromatic rings. The number of rotatable bonds is 9. The van der Waals surface area contributed by atoms with E-state index in [0.717, 1.165) is 49.0 Å². The van der Waals surface area contributed by atoms with Crippen molar-refractivity contribution in [2.24, 2.45) is 5.41 Å². The van der Waals surface area contributed by atoms with E-state index in [1.54, 1.807) is 16.2 Å². The van der Waals surface area contributed by atoms with Gasteiger partial charge >= 0.3 is 12.1 Å². The molecule has 2 heterocycles. The lowest BCUT2D eigenvalue weighted by Crippen LogP contribution is -2.44. The molecule has 2 N–H and O–H groups in total. The number of carboxylic acid groups (broad SMARTS) is 1. The predicted molar refractivity (Wildman–Crippen MR) is 149 cm³/mol. The first-order chi connectivity index (χ1) is 18.4. The van der Waals surface area contributed by atoms with E-state index in [0.29, 0.717) is 31.7 Å². The Labute approximate surface area is 232 Å². The Morgan fingerprint density at radius 3 is 2.55 bits per heavy atom. The summed E-state index contributed by atoms with van der Waals surface area (Å²) in [4.78, 5) is 27.8. The van der Waals surface area contributed by atoms with E-state index in [4.69, 9.17) is 4.74 Å². The number of carbonyl (C=O) groups excluding carboxylic acids is 1. The van der Waals surface area contributed by atoms with Crippen molar-refractivity contribution < 1.29 is 19.4 Å². The number of aliphatic carboxylic acids is 1. The van der Waals surface area contributed by atoms with E-state index in [-0.39, 0.29) is 13.1 Å². The summed E-state index contributed by atoms with van der Waals surface area (Å²) in [5.74, 6) is -0.296. The molecule has 38 heavy (non-hydrogen) atoms. The molecule has 5 rings (SSSR count). The summed E-state index contributed by atoms with van der Waals surface area (Å²) in [6, 6.07) is 14.1. The van der Waals surface area contributed by atoms with Gasteiger partial charge in [0.1, 0.15) is 0 Å². The minimum absolute atomic E-state index is 0.145. The Morgan fingerprint density at radius 2 is 1.89 bits per heavy atom. The topological polar surface area (TPSA) is 121 Å². The summed E-state index contributed by atoms with van der Waals surface area (Å²) in [5.41, 5.74) is 1.93. The van der Waals surface area contributed by atoms with Crippen LogP contribution in [-0.4, -0.2) is 55.8 Å². The molecule has 0 atom stereocenters. The number of hydrogen-bond donors (Lipinski definition) is 2. The number of fused-ring (bicyclic) bond motifs is 1. The van der Waals surface area contributed by atoms with Gasteiger partial charge in [-0.15, -0.1) is 21.5 Å². The summed E-state index contributed by atoms with van der Waals surface area (Å²) in [6.07, 6.45) is 3.10. The molecule has 0 aliphatic heterocycles. The normalized spacial score (nSPS) is 14.6. The Balaban J connectivity index is 1.41. The average Bonchev–Trinajstić information content (AvgIpc) is 3.69. The quantitative estimate of drug-likeness (QED) is 0.225. The first kappa shape index (κ1) is 26.3. The zero-order valence-corrected chi connectivity index (χ0v) is 23.3. The fourth-order valence-corrected chi connectivity index (χ4v) is 7.01. The molecule has 198 valence electrons. The second-order valence-corrected chi connectivity index (χ2v) is 11.5. The molecule has 1 aliphatic rings. The second-order valence-electron chi connectivity index (χ2n) is 9.65. The van der Waals surface area contributed by atoms with Crippen molar-refractivity contribution in [1.82, 2.24) is 25.5 Å². The fraction of sp³-hybridized carbons (Fsp3) is 0.370. The van der Waals surface area contributed by atoms with E-state index in [1.165, 1.54) is 0 Å². The first-order valence-electron chi connectivity index (χ1n) is 12.6. The first-order valence-corrected chi connectivity index (χ1v) is 14.2. The lowest BCUT2D eigenvalue weighted by molar-refractivity contribution is -0.149. The maximum absolute atomic E-state index is 13.0. The van der Waals surface area contributed by atoms with Crippen LogP contribution >= 0.6 is 27.3 Å². The number of nitrogens with zero attached hydrogens (tertiary/aromatic N) is 4. The molecule has 0 bridgehead atoms. The minimum Gasteiger partial charge on any atom is -0.481 e. The van der Waals surface area contributed by atoms with Gasteiger partial charge in [0.15, 0.2) is 0 Å². The fourth-order valence-electron chi connectivity index (χ4n) is 5.00. The Bertz CT molecular complexity index is 1430. The zero-order valence-electron chi connectivity index (χ0n) is 20.9. The third kappa shape index (κ3) is 5.30. The van der Waals surface area contributed by atoms with Crippen LogP contribution < -0.4 is 0 Å². The summed E-state index contributed by atoms with van der Waals surface area (Å²) in [5, 5.41) is 25.2. The van der Waals surface area contributed by atoms with Crippen LogP contribution in [0.5, 0.6) is 0 Å². The van der Waals surface area contributed by atoms with Crippen LogP contribution in [0, 0.1) is 5.41 Å². The van der Waals surface area contributed by atoms with Gasteiger partial charge in [0.05, 0.1) is 12.0 Å². The molecule has 2 aromatic heterocycles. The molecular formula is C27H28BrN5O4S. The van der Waals surface area contributed by atoms with Crippen molar-refractivity contribution in [3.63, 3.8) is 0 Å². The standard InChI is InChI=1S/C27H28BrN5O4S/c1-2-13-37-26(36)33(16-27(25(34)35)11-3-4-12-27)15-17-5-10-21-20(14-17)22(28)23(38-21)18-6-8-19(9-7-18)24-29-31-32-30-24/h5-10,14H,2-4,11-13,15-16H2,1H3,(H,34,35)(H,29,30,31,32). The molecule has 1 fully saturated rings. The number of aromatic amines is 1. The van der Waals surface area contributed by atoms with Crippen molar-refractivity contribution in [3.05, 3.63) is 52.5 Å². The number of carboxylic acids is 1. The average molecular weight is 599 g/mol.